The third kappa shape index (κ3) is 6.43. The van der Waals surface area contributed by atoms with Crippen LogP contribution < -0.4 is 19.7 Å². The summed E-state index contributed by atoms with van der Waals surface area (Å²) in [5.41, 5.74) is 2.72. The molecule has 0 radical (unpaired) electrons. The lowest BCUT2D eigenvalue weighted by Gasteiger charge is -2.25. The van der Waals surface area contributed by atoms with Crippen LogP contribution in [0.3, 0.4) is 0 Å². The van der Waals surface area contributed by atoms with E-state index in [1.807, 2.05) is 30.9 Å². The molecule has 0 aromatic heterocycles. The normalized spacial score (nSPS) is 11.6. The molecule has 0 aliphatic rings. The first-order valence-corrected chi connectivity index (χ1v) is 11.2. The number of ether oxygens (including phenoxy) is 2. The van der Waals surface area contributed by atoms with E-state index in [9.17, 15) is 9.59 Å². The highest BCUT2D eigenvalue weighted by molar-refractivity contribution is 6.18. The van der Waals surface area contributed by atoms with Crippen molar-refractivity contribution in [2.24, 2.45) is 0 Å². The molecular weight excluding hydrogens is 455 g/mol. The van der Waals surface area contributed by atoms with Crippen LogP contribution in [0.15, 0.2) is 30.3 Å². The van der Waals surface area contributed by atoms with Crippen LogP contribution in [0.1, 0.15) is 28.4 Å². The van der Waals surface area contributed by atoms with E-state index in [4.69, 9.17) is 37.8 Å². The molecule has 9 heteroatoms. The lowest BCUT2D eigenvalue weighted by Crippen LogP contribution is -2.38. The number of alkyl halides is 2. The standard InChI is InChI=1S/C23H28Cl2N2O5/c1-14-11-17(22(28)26-16(3)23(29)30)12-15(2)21(14)32-18-5-6-19(20(13-18)31-4)27(9-7-24)10-8-25/h5-6,11-13,16H,7-10H2,1-4H3,(H,26,28)(H,29,30)/t16-/m0/s1. The van der Waals surface area contributed by atoms with Gasteiger partial charge in [-0.05, 0) is 56.2 Å². The maximum atomic E-state index is 12.4. The van der Waals surface area contributed by atoms with Crippen molar-refractivity contribution in [3.05, 3.63) is 47.0 Å². The van der Waals surface area contributed by atoms with E-state index in [0.29, 0.717) is 47.7 Å². The number of carbonyl (C=O) groups excluding carboxylic acids is 1. The molecule has 0 heterocycles. The largest absolute Gasteiger partial charge is 0.494 e. The van der Waals surface area contributed by atoms with Gasteiger partial charge in [0.2, 0.25) is 0 Å². The number of rotatable bonds is 11. The van der Waals surface area contributed by atoms with Gasteiger partial charge in [-0.3, -0.25) is 9.59 Å². The summed E-state index contributed by atoms with van der Waals surface area (Å²) < 4.78 is 11.7. The van der Waals surface area contributed by atoms with E-state index < -0.39 is 17.9 Å². The summed E-state index contributed by atoms with van der Waals surface area (Å²) >= 11 is 11.8. The van der Waals surface area contributed by atoms with Crippen LogP contribution in [0.5, 0.6) is 17.2 Å². The van der Waals surface area contributed by atoms with E-state index >= 15 is 0 Å². The molecule has 0 saturated carbocycles. The summed E-state index contributed by atoms with van der Waals surface area (Å²) in [5.74, 6) is 1.18. The SMILES string of the molecule is COc1cc(Oc2c(C)cc(C(=O)N[C@@H](C)C(=O)O)cc2C)ccc1N(CCCl)CCCl. The van der Waals surface area contributed by atoms with E-state index in [1.54, 1.807) is 25.3 Å². The molecule has 0 saturated heterocycles. The van der Waals surface area contributed by atoms with Crippen molar-refractivity contribution >= 4 is 40.8 Å². The molecule has 1 atom stereocenters. The van der Waals surface area contributed by atoms with Crippen molar-refractivity contribution in [3.8, 4) is 17.2 Å². The van der Waals surface area contributed by atoms with Crippen LogP contribution in [0, 0.1) is 13.8 Å². The van der Waals surface area contributed by atoms with Crippen LogP contribution >= 0.6 is 23.2 Å². The number of carbonyl (C=O) groups is 2. The number of carboxylic acids is 1. The van der Waals surface area contributed by atoms with Gasteiger partial charge in [0, 0.05) is 36.5 Å². The number of halogens is 2. The summed E-state index contributed by atoms with van der Waals surface area (Å²) in [4.78, 5) is 25.4. The van der Waals surface area contributed by atoms with Gasteiger partial charge in [-0.2, -0.15) is 0 Å². The molecule has 0 bridgehead atoms. The molecule has 174 valence electrons. The highest BCUT2D eigenvalue weighted by atomic mass is 35.5. The quantitative estimate of drug-likeness (QED) is 0.455. The van der Waals surface area contributed by atoms with Gasteiger partial charge in [-0.1, -0.05) is 0 Å². The van der Waals surface area contributed by atoms with Crippen LogP contribution in [0.4, 0.5) is 5.69 Å². The molecule has 2 aromatic carbocycles. The Morgan fingerprint density at radius 3 is 2.19 bits per heavy atom. The van der Waals surface area contributed by atoms with Crippen LogP contribution in [0.25, 0.3) is 0 Å². The average molecular weight is 483 g/mol. The van der Waals surface area contributed by atoms with Gasteiger partial charge in [0.1, 0.15) is 23.3 Å². The number of hydrogen-bond donors (Lipinski definition) is 2. The summed E-state index contributed by atoms with van der Waals surface area (Å²) in [6, 6.07) is 7.87. The Morgan fingerprint density at radius 2 is 1.69 bits per heavy atom. The molecule has 0 aliphatic heterocycles. The average Bonchev–Trinajstić information content (AvgIpc) is 2.75. The molecule has 32 heavy (non-hydrogen) atoms. The highest BCUT2D eigenvalue weighted by Gasteiger charge is 2.18. The van der Waals surface area contributed by atoms with Gasteiger partial charge in [0.15, 0.2) is 0 Å². The van der Waals surface area contributed by atoms with Crippen molar-refractivity contribution < 1.29 is 24.2 Å². The molecule has 2 N–H and O–H groups in total. The molecule has 2 aromatic rings. The van der Waals surface area contributed by atoms with Gasteiger partial charge in [0.05, 0.1) is 12.8 Å². The fourth-order valence-corrected chi connectivity index (χ4v) is 3.65. The Labute approximate surface area is 198 Å². The van der Waals surface area contributed by atoms with Crippen molar-refractivity contribution in [3.63, 3.8) is 0 Å². The topological polar surface area (TPSA) is 88.1 Å². The van der Waals surface area contributed by atoms with E-state index in [1.165, 1.54) is 6.92 Å². The number of nitrogens with one attached hydrogen (secondary N) is 1. The Bertz CT molecular complexity index is 938. The summed E-state index contributed by atoms with van der Waals surface area (Å²) in [5, 5.41) is 11.4. The van der Waals surface area contributed by atoms with Crippen molar-refractivity contribution in [2.75, 3.05) is 36.9 Å². The molecule has 0 fully saturated rings. The number of benzene rings is 2. The molecule has 7 nitrogen and oxygen atoms in total. The minimum Gasteiger partial charge on any atom is -0.494 e. The fraction of sp³-hybridized carbons (Fsp3) is 0.391. The maximum Gasteiger partial charge on any atom is 0.325 e. The maximum absolute atomic E-state index is 12.4. The number of carboxylic acid groups (broad SMARTS) is 1. The van der Waals surface area contributed by atoms with Crippen LogP contribution in [0.2, 0.25) is 0 Å². The zero-order chi connectivity index (χ0) is 23.8. The number of aryl methyl sites for hydroxylation is 2. The molecule has 0 unspecified atom stereocenters. The van der Waals surface area contributed by atoms with E-state index in [2.05, 4.69) is 5.32 Å². The van der Waals surface area contributed by atoms with Crippen molar-refractivity contribution in [2.45, 2.75) is 26.8 Å². The lowest BCUT2D eigenvalue weighted by atomic mass is 10.0. The highest BCUT2D eigenvalue weighted by Crippen LogP contribution is 2.36. The first-order chi connectivity index (χ1) is 15.2. The summed E-state index contributed by atoms with van der Waals surface area (Å²) in [6.07, 6.45) is 0. The predicted octanol–water partition coefficient (Wildman–Crippen LogP) is 4.59. The third-order valence-electron chi connectivity index (χ3n) is 4.86. The first-order valence-electron chi connectivity index (χ1n) is 10.1. The smallest absolute Gasteiger partial charge is 0.325 e. The lowest BCUT2D eigenvalue weighted by molar-refractivity contribution is -0.138. The number of nitrogens with zero attached hydrogens (tertiary/aromatic N) is 1. The minimum absolute atomic E-state index is 0.367. The molecular formula is C23H28Cl2N2O5. The Hall–Kier alpha value is -2.64. The van der Waals surface area contributed by atoms with Gasteiger partial charge >= 0.3 is 5.97 Å². The second-order valence-electron chi connectivity index (χ2n) is 7.27. The zero-order valence-corrected chi connectivity index (χ0v) is 20.1. The Kier molecular flexibility index (Phi) is 9.47. The second-order valence-corrected chi connectivity index (χ2v) is 8.03. The molecule has 2 rings (SSSR count). The van der Waals surface area contributed by atoms with Gasteiger partial charge < -0.3 is 24.8 Å². The van der Waals surface area contributed by atoms with Crippen molar-refractivity contribution in [1.82, 2.24) is 5.32 Å². The minimum atomic E-state index is -1.10. The van der Waals surface area contributed by atoms with E-state index in [-0.39, 0.29) is 0 Å². The number of anilines is 1. The van der Waals surface area contributed by atoms with Gasteiger partial charge in [-0.25, -0.2) is 0 Å². The Balaban J connectivity index is 2.28. The zero-order valence-electron chi connectivity index (χ0n) is 18.6. The number of amides is 1. The number of hydrogen-bond acceptors (Lipinski definition) is 5. The van der Waals surface area contributed by atoms with Gasteiger partial charge in [0.25, 0.3) is 5.91 Å². The van der Waals surface area contributed by atoms with E-state index in [0.717, 1.165) is 16.8 Å². The van der Waals surface area contributed by atoms with Crippen molar-refractivity contribution in [1.29, 1.82) is 0 Å². The van der Waals surface area contributed by atoms with Crippen LogP contribution in [-0.4, -0.2) is 55.0 Å². The monoisotopic (exact) mass is 482 g/mol. The third-order valence-corrected chi connectivity index (χ3v) is 5.20. The summed E-state index contributed by atoms with van der Waals surface area (Å²) in [6.45, 7) is 6.33. The molecule has 0 aliphatic carbocycles. The van der Waals surface area contributed by atoms with Crippen LogP contribution in [-0.2, 0) is 4.79 Å². The summed E-state index contributed by atoms with van der Waals surface area (Å²) in [7, 11) is 1.59. The van der Waals surface area contributed by atoms with Gasteiger partial charge in [-0.15, -0.1) is 23.2 Å². The fourth-order valence-electron chi connectivity index (χ4n) is 3.24. The predicted molar refractivity (Wildman–Crippen MR) is 127 cm³/mol. The molecule has 1 amide bonds. The number of aliphatic carboxylic acids is 1. The molecule has 0 spiro atoms. The number of methoxy groups -OCH3 is 1. The Morgan fingerprint density at radius 1 is 1.09 bits per heavy atom. The second kappa shape index (κ2) is 11.8. The first kappa shape index (κ1) is 25.6.